The number of hydrogen-bond acceptors (Lipinski definition) is 6. The Balaban J connectivity index is 1.71. The minimum atomic E-state index is -1.09. The van der Waals surface area contributed by atoms with Crippen molar-refractivity contribution < 1.29 is 24.2 Å². The quantitative estimate of drug-likeness (QED) is 0.684. The highest BCUT2D eigenvalue weighted by atomic mass is 35.5. The van der Waals surface area contributed by atoms with Gasteiger partial charge in [0.2, 0.25) is 0 Å². The number of anilines is 1. The number of aliphatic hydroxyl groups is 2. The number of nitrogens with zero attached hydrogens (tertiary/aromatic N) is 3. The van der Waals surface area contributed by atoms with Crippen LogP contribution in [0.2, 0.25) is 5.02 Å². The molecule has 3 heterocycles. The standard InChI is InChI=1S/C19H18ClFN4O4/c20-14-5-13(15(27)10-26)9-23-18(14)12-3-4-25(17(28)6-12)19(29)24-16-2-1-11(7-21)8-22-16/h1-2,5-6,8-9,15,26-27H,3-4,7,10H2,(H,22,24,29)/t15-/m1/s1. The van der Waals surface area contributed by atoms with E-state index in [2.05, 4.69) is 15.3 Å². The summed E-state index contributed by atoms with van der Waals surface area (Å²) in [4.78, 5) is 33.9. The van der Waals surface area contributed by atoms with Gasteiger partial charge in [-0.05, 0) is 24.1 Å². The summed E-state index contributed by atoms with van der Waals surface area (Å²) in [6.07, 6.45) is 3.19. The van der Waals surface area contributed by atoms with Crippen molar-refractivity contribution in [3.05, 3.63) is 58.5 Å². The van der Waals surface area contributed by atoms with Crippen molar-refractivity contribution in [2.24, 2.45) is 0 Å². The maximum absolute atomic E-state index is 12.5. The van der Waals surface area contributed by atoms with Crippen molar-refractivity contribution >= 4 is 34.9 Å². The summed E-state index contributed by atoms with van der Waals surface area (Å²) in [5, 5.41) is 21.4. The van der Waals surface area contributed by atoms with Crippen LogP contribution in [0.4, 0.5) is 15.0 Å². The van der Waals surface area contributed by atoms with Crippen molar-refractivity contribution in [3.63, 3.8) is 0 Å². The summed E-state index contributed by atoms with van der Waals surface area (Å²) in [7, 11) is 0. The Morgan fingerprint density at radius 3 is 2.72 bits per heavy atom. The van der Waals surface area contributed by atoms with E-state index in [-0.39, 0.29) is 17.4 Å². The molecular weight excluding hydrogens is 403 g/mol. The first-order valence-electron chi connectivity index (χ1n) is 8.71. The second-order valence-corrected chi connectivity index (χ2v) is 6.73. The van der Waals surface area contributed by atoms with Crippen molar-refractivity contribution in [1.29, 1.82) is 0 Å². The Morgan fingerprint density at radius 1 is 1.34 bits per heavy atom. The molecule has 0 radical (unpaired) electrons. The molecule has 1 aliphatic heterocycles. The lowest BCUT2D eigenvalue weighted by molar-refractivity contribution is -0.123. The second-order valence-electron chi connectivity index (χ2n) is 6.32. The SMILES string of the molecule is O=C1C=C(c2ncc([C@H](O)CO)cc2Cl)CCN1C(=O)Nc1ccc(CF)cn1. The number of carbonyl (C=O) groups excluding carboxylic acids is 2. The van der Waals surface area contributed by atoms with Crippen molar-refractivity contribution in [3.8, 4) is 0 Å². The fourth-order valence-electron chi connectivity index (χ4n) is 2.76. The van der Waals surface area contributed by atoms with Gasteiger partial charge in [-0.3, -0.25) is 20.0 Å². The van der Waals surface area contributed by atoms with Gasteiger partial charge in [-0.2, -0.15) is 0 Å². The number of nitrogens with one attached hydrogen (secondary N) is 1. The van der Waals surface area contributed by atoms with Crippen LogP contribution in [0.15, 0.2) is 36.7 Å². The Labute approximate surface area is 170 Å². The predicted molar refractivity (Wildman–Crippen MR) is 104 cm³/mol. The molecule has 0 aliphatic carbocycles. The van der Waals surface area contributed by atoms with E-state index in [1.807, 2.05) is 0 Å². The molecule has 3 rings (SSSR count). The first-order valence-corrected chi connectivity index (χ1v) is 9.09. The van der Waals surface area contributed by atoms with Gasteiger partial charge >= 0.3 is 6.03 Å². The number of aromatic nitrogens is 2. The van der Waals surface area contributed by atoms with E-state index in [1.165, 1.54) is 36.7 Å². The molecule has 2 aromatic rings. The van der Waals surface area contributed by atoms with Gasteiger partial charge in [-0.25, -0.2) is 14.2 Å². The molecule has 3 N–H and O–H groups in total. The summed E-state index contributed by atoms with van der Waals surface area (Å²) in [5.74, 6) is -0.334. The van der Waals surface area contributed by atoms with Gasteiger partial charge in [0.25, 0.3) is 5.91 Å². The molecule has 1 atom stereocenters. The number of carbonyl (C=O) groups is 2. The number of rotatable bonds is 5. The van der Waals surface area contributed by atoms with Crippen LogP contribution in [0, 0.1) is 0 Å². The number of pyridine rings is 2. The number of alkyl halides is 1. The highest BCUT2D eigenvalue weighted by Crippen LogP contribution is 2.29. The van der Waals surface area contributed by atoms with E-state index < -0.39 is 31.3 Å². The van der Waals surface area contributed by atoms with Crippen molar-refractivity contribution in [2.45, 2.75) is 19.2 Å². The van der Waals surface area contributed by atoms with E-state index in [0.29, 0.717) is 28.8 Å². The van der Waals surface area contributed by atoms with Crippen LogP contribution < -0.4 is 5.32 Å². The minimum absolute atomic E-state index is 0.109. The number of halogens is 2. The third-order valence-electron chi connectivity index (χ3n) is 4.35. The van der Waals surface area contributed by atoms with Gasteiger partial charge in [0.15, 0.2) is 0 Å². The predicted octanol–water partition coefficient (Wildman–Crippen LogP) is 2.47. The number of amides is 3. The first-order chi connectivity index (χ1) is 13.9. The third kappa shape index (κ3) is 4.76. The Kier molecular flexibility index (Phi) is 6.53. The van der Waals surface area contributed by atoms with E-state index in [4.69, 9.17) is 16.7 Å². The van der Waals surface area contributed by atoms with E-state index >= 15 is 0 Å². The molecule has 0 saturated heterocycles. The molecule has 10 heteroatoms. The lowest BCUT2D eigenvalue weighted by Crippen LogP contribution is -2.42. The number of imide groups is 1. The zero-order valence-electron chi connectivity index (χ0n) is 15.2. The Bertz CT molecular complexity index is 952. The van der Waals surface area contributed by atoms with Gasteiger partial charge in [0.1, 0.15) is 18.6 Å². The van der Waals surface area contributed by atoms with E-state index in [1.54, 1.807) is 0 Å². The fraction of sp³-hybridized carbons (Fsp3) is 0.263. The topological polar surface area (TPSA) is 116 Å². The molecule has 3 amide bonds. The third-order valence-corrected chi connectivity index (χ3v) is 4.64. The maximum atomic E-state index is 12.5. The highest BCUT2D eigenvalue weighted by molar-refractivity contribution is 6.32. The average Bonchev–Trinajstić information content (AvgIpc) is 2.73. The summed E-state index contributed by atoms with van der Waals surface area (Å²) < 4.78 is 12.5. The molecule has 152 valence electrons. The normalized spacial score (nSPS) is 15.1. The molecule has 29 heavy (non-hydrogen) atoms. The second kappa shape index (κ2) is 9.08. The highest BCUT2D eigenvalue weighted by Gasteiger charge is 2.26. The van der Waals surface area contributed by atoms with Crippen LogP contribution in [0.3, 0.4) is 0 Å². The van der Waals surface area contributed by atoms with E-state index in [9.17, 15) is 19.1 Å². The average molecular weight is 421 g/mol. The molecule has 2 aromatic heterocycles. The first kappa shape index (κ1) is 20.8. The largest absolute Gasteiger partial charge is 0.393 e. The molecule has 8 nitrogen and oxygen atoms in total. The number of urea groups is 1. The Morgan fingerprint density at radius 2 is 2.14 bits per heavy atom. The summed E-state index contributed by atoms with van der Waals surface area (Å²) >= 11 is 6.21. The zero-order valence-corrected chi connectivity index (χ0v) is 15.9. The van der Waals surface area contributed by atoms with Gasteiger partial charge in [-0.1, -0.05) is 17.7 Å². The van der Waals surface area contributed by atoms with Crippen molar-refractivity contribution in [2.75, 3.05) is 18.5 Å². The summed E-state index contributed by atoms with van der Waals surface area (Å²) in [5.41, 5.74) is 1.67. The maximum Gasteiger partial charge on any atom is 0.329 e. The van der Waals surface area contributed by atoms with Crippen LogP contribution in [0.1, 0.15) is 29.3 Å². The molecule has 0 aromatic carbocycles. The smallest absolute Gasteiger partial charge is 0.329 e. The summed E-state index contributed by atoms with van der Waals surface area (Å²) in [6.45, 7) is -1.01. The summed E-state index contributed by atoms with van der Waals surface area (Å²) in [6, 6.07) is 3.77. The van der Waals surface area contributed by atoms with Crippen LogP contribution in [-0.4, -0.2) is 50.2 Å². The molecular formula is C19H18ClFN4O4. The molecule has 0 spiro atoms. The number of aliphatic hydroxyl groups excluding tert-OH is 2. The zero-order chi connectivity index (χ0) is 21.0. The van der Waals surface area contributed by atoms with Gasteiger partial charge in [-0.15, -0.1) is 0 Å². The van der Waals surface area contributed by atoms with E-state index in [0.717, 1.165) is 4.90 Å². The Hall–Kier alpha value is -2.88. The van der Waals surface area contributed by atoms with Crippen LogP contribution in [0.25, 0.3) is 5.57 Å². The fourth-order valence-corrected chi connectivity index (χ4v) is 3.06. The van der Waals surface area contributed by atoms with Gasteiger partial charge in [0.05, 0.1) is 17.3 Å². The molecule has 0 bridgehead atoms. The lowest BCUT2D eigenvalue weighted by atomic mass is 10.0. The van der Waals surface area contributed by atoms with Crippen LogP contribution in [-0.2, 0) is 11.5 Å². The molecule has 0 saturated carbocycles. The molecule has 1 aliphatic rings. The lowest BCUT2D eigenvalue weighted by Gasteiger charge is -2.25. The van der Waals surface area contributed by atoms with Gasteiger partial charge < -0.3 is 10.2 Å². The monoisotopic (exact) mass is 420 g/mol. The van der Waals surface area contributed by atoms with Crippen molar-refractivity contribution in [1.82, 2.24) is 14.9 Å². The minimum Gasteiger partial charge on any atom is -0.393 e. The van der Waals surface area contributed by atoms with Gasteiger partial charge in [0, 0.05) is 36.1 Å². The van der Waals surface area contributed by atoms with Crippen LogP contribution >= 0.6 is 11.6 Å². The molecule has 0 unspecified atom stereocenters. The van der Waals surface area contributed by atoms with Crippen LogP contribution in [0.5, 0.6) is 0 Å². The molecule has 0 fully saturated rings. The number of hydrogen-bond donors (Lipinski definition) is 3.